The molecule has 0 aliphatic heterocycles. The number of allylic oxidation sites excluding steroid dienone is 3. The predicted molar refractivity (Wildman–Crippen MR) is 77.5 cm³/mol. The van der Waals surface area contributed by atoms with Crippen molar-refractivity contribution >= 4 is 5.97 Å². The van der Waals surface area contributed by atoms with Gasteiger partial charge in [-0.3, -0.25) is 4.79 Å². The monoisotopic (exact) mass is 252 g/mol. The summed E-state index contributed by atoms with van der Waals surface area (Å²) < 4.78 is 4.88. The van der Waals surface area contributed by atoms with Crippen molar-refractivity contribution in [1.82, 2.24) is 0 Å². The molecule has 0 radical (unpaired) electrons. The Labute approximate surface area is 112 Å². The number of unbranched alkanes of at least 4 members (excludes halogenated alkanes) is 6. The molecule has 0 aromatic heterocycles. The van der Waals surface area contributed by atoms with Crippen LogP contribution in [0.2, 0.25) is 0 Å². The van der Waals surface area contributed by atoms with Crippen molar-refractivity contribution in [3.05, 3.63) is 24.8 Å². The Morgan fingerprint density at radius 3 is 2.39 bits per heavy atom. The topological polar surface area (TPSA) is 26.3 Å². The maximum Gasteiger partial charge on any atom is 0.302 e. The molecule has 0 spiro atoms. The van der Waals surface area contributed by atoms with Crippen molar-refractivity contribution in [2.75, 3.05) is 6.61 Å². The standard InChI is InChI=1S/C16H28O2/c1-4-15(2)13-11-9-7-5-6-8-10-12-14-18-16(3)17/h4,11,13,15H,1,5-10,12,14H2,2-3H3. The van der Waals surface area contributed by atoms with E-state index in [2.05, 4.69) is 25.7 Å². The van der Waals surface area contributed by atoms with Crippen molar-refractivity contribution in [2.45, 2.75) is 58.8 Å². The molecular formula is C16H28O2. The molecule has 0 aliphatic carbocycles. The van der Waals surface area contributed by atoms with Crippen LogP contribution >= 0.6 is 0 Å². The minimum Gasteiger partial charge on any atom is -0.466 e. The van der Waals surface area contributed by atoms with Crippen molar-refractivity contribution in [1.29, 1.82) is 0 Å². The van der Waals surface area contributed by atoms with Crippen LogP contribution in [0.25, 0.3) is 0 Å². The number of carbonyl (C=O) groups is 1. The van der Waals surface area contributed by atoms with Gasteiger partial charge in [0.1, 0.15) is 0 Å². The lowest BCUT2D eigenvalue weighted by atomic mass is 10.1. The van der Waals surface area contributed by atoms with E-state index in [4.69, 9.17) is 4.74 Å². The molecule has 1 atom stereocenters. The normalized spacial score (nSPS) is 12.6. The number of hydrogen-bond acceptors (Lipinski definition) is 2. The highest BCUT2D eigenvalue weighted by molar-refractivity contribution is 5.65. The van der Waals surface area contributed by atoms with Gasteiger partial charge in [0.2, 0.25) is 0 Å². The van der Waals surface area contributed by atoms with E-state index in [1.807, 2.05) is 6.08 Å². The smallest absolute Gasteiger partial charge is 0.302 e. The Balaban J connectivity index is 3.14. The van der Waals surface area contributed by atoms with Crippen LogP contribution in [-0.4, -0.2) is 12.6 Å². The lowest BCUT2D eigenvalue weighted by molar-refractivity contribution is -0.141. The number of esters is 1. The third-order valence-corrected chi connectivity index (χ3v) is 2.88. The summed E-state index contributed by atoms with van der Waals surface area (Å²) in [5, 5.41) is 0. The van der Waals surface area contributed by atoms with Gasteiger partial charge in [-0.15, -0.1) is 6.58 Å². The van der Waals surface area contributed by atoms with Gasteiger partial charge < -0.3 is 4.74 Å². The zero-order valence-corrected chi connectivity index (χ0v) is 12.0. The van der Waals surface area contributed by atoms with E-state index >= 15 is 0 Å². The first-order valence-corrected chi connectivity index (χ1v) is 7.09. The Bertz CT molecular complexity index is 243. The Morgan fingerprint density at radius 2 is 1.78 bits per heavy atom. The van der Waals surface area contributed by atoms with Gasteiger partial charge in [0.15, 0.2) is 0 Å². The lowest BCUT2D eigenvalue weighted by Gasteiger charge is -2.02. The second-order valence-corrected chi connectivity index (χ2v) is 4.77. The number of ether oxygens (including phenoxy) is 1. The predicted octanol–water partition coefficient (Wildman–Crippen LogP) is 4.66. The summed E-state index contributed by atoms with van der Waals surface area (Å²) in [5.74, 6) is 0.321. The van der Waals surface area contributed by atoms with E-state index in [0.717, 1.165) is 12.8 Å². The van der Waals surface area contributed by atoms with Gasteiger partial charge in [-0.1, -0.05) is 50.8 Å². The van der Waals surface area contributed by atoms with Crippen molar-refractivity contribution in [2.24, 2.45) is 5.92 Å². The van der Waals surface area contributed by atoms with Gasteiger partial charge in [0, 0.05) is 6.92 Å². The molecule has 104 valence electrons. The van der Waals surface area contributed by atoms with Crippen molar-refractivity contribution < 1.29 is 9.53 Å². The molecule has 2 heteroatoms. The van der Waals surface area contributed by atoms with E-state index in [9.17, 15) is 4.79 Å². The summed E-state index contributed by atoms with van der Waals surface area (Å²) >= 11 is 0. The SMILES string of the molecule is C=CC(C)C=CCCCCCCCCOC(C)=O. The van der Waals surface area contributed by atoms with Gasteiger partial charge in [-0.25, -0.2) is 0 Å². The van der Waals surface area contributed by atoms with Crippen LogP contribution < -0.4 is 0 Å². The summed E-state index contributed by atoms with van der Waals surface area (Å²) in [6, 6.07) is 0. The van der Waals surface area contributed by atoms with Crippen LogP contribution in [0.15, 0.2) is 24.8 Å². The molecule has 1 unspecified atom stereocenters. The number of hydrogen-bond donors (Lipinski definition) is 0. The van der Waals surface area contributed by atoms with Gasteiger partial charge in [-0.2, -0.15) is 0 Å². The third kappa shape index (κ3) is 13.0. The maximum absolute atomic E-state index is 10.5. The quantitative estimate of drug-likeness (QED) is 0.304. The van der Waals surface area contributed by atoms with Crippen LogP contribution in [0.4, 0.5) is 0 Å². The number of rotatable bonds is 11. The molecule has 2 nitrogen and oxygen atoms in total. The summed E-state index contributed by atoms with van der Waals surface area (Å²) in [6.45, 7) is 7.94. The van der Waals surface area contributed by atoms with Gasteiger partial charge in [-0.05, 0) is 25.2 Å². The first kappa shape index (κ1) is 16.9. The van der Waals surface area contributed by atoms with E-state index in [-0.39, 0.29) is 5.97 Å². The van der Waals surface area contributed by atoms with E-state index in [0.29, 0.717) is 12.5 Å². The Hall–Kier alpha value is -1.05. The molecule has 0 bridgehead atoms. The average molecular weight is 252 g/mol. The second kappa shape index (κ2) is 12.4. The molecule has 0 heterocycles. The molecule has 0 saturated heterocycles. The summed E-state index contributed by atoms with van der Waals surface area (Å²) in [7, 11) is 0. The largest absolute Gasteiger partial charge is 0.466 e. The summed E-state index contributed by atoms with van der Waals surface area (Å²) in [5.41, 5.74) is 0. The zero-order valence-electron chi connectivity index (χ0n) is 12.0. The average Bonchev–Trinajstić information content (AvgIpc) is 2.35. The van der Waals surface area contributed by atoms with Crippen LogP contribution in [0.5, 0.6) is 0 Å². The number of carbonyl (C=O) groups excluding carboxylic acids is 1. The molecule has 0 rings (SSSR count). The fraction of sp³-hybridized carbons (Fsp3) is 0.688. The highest BCUT2D eigenvalue weighted by Crippen LogP contribution is 2.08. The minimum absolute atomic E-state index is 0.171. The van der Waals surface area contributed by atoms with E-state index in [1.165, 1.54) is 39.0 Å². The lowest BCUT2D eigenvalue weighted by Crippen LogP contribution is -1.99. The second-order valence-electron chi connectivity index (χ2n) is 4.77. The maximum atomic E-state index is 10.5. The van der Waals surface area contributed by atoms with Crippen molar-refractivity contribution in [3.8, 4) is 0 Å². The molecule has 0 aromatic rings. The molecule has 0 N–H and O–H groups in total. The van der Waals surface area contributed by atoms with Crippen LogP contribution in [0.1, 0.15) is 58.8 Å². The molecule has 0 aromatic carbocycles. The fourth-order valence-corrected chi connectivity index (χ4v) is 1.68. The van der Waals surface area contributed by atoms with Crippen LogP contribution in [0, 0.1) is 5.92 Å². The van der Waals surface area contributed by atoms with Crippen LogP contribution in [-0.2, 0) is 9.53 Å². The van der Waals surface area contributed by atoms with Gasteiger partial charge in [0.25, 0.3) is 0 Å². The highest BCUT2D eigenvalue weighted by Gasteiger charge is 1.94. The van der Waals surface area contributed by atoms with Gasteiger partial charge >= 0.3 is 5.97 Å². The highest BCUT2D eigenvalue weighted by atomic mass is 16.5. The molecule has 0 amide bonds. The summed E-state index contributed by atoms with van der Waals surface area (Å²) in [4.78, 5) is 10.5. The minimum atomic E-state index is -0.171. The molecule has 18 heavy (non-hydrogen) atoms. The molecule has 0 fully saturated rings. The Kier molecular flexibility index (Phi) is 11.7. The third-order valence-electron chi connectivity index (χ3n) is 2.88. The Morgan fingerprint density at radius 1 is 1.17 bits per heavy atom. The molecule has 0 aliphatic rings. The zero-order chi connectivity index (χ0) is 13.6. The molecule has 0 saturated carbocycles. The van der Waals surface area contributed by atoms with E-state index in [1.54, 1.807) is 0 Å². The molecular weight excluding hydrogens is 224 g/mol. The van der Waals surface area contributed by atoms with Crippen molar-refractivity contribution in [3.63, 3.8) is 0 Å². The van der Waals surface area contributed by atoms with Crippen LogP contribution in [0.3, 0.4) is 0 Å². The van der Waals surface area contributed by atoms with Gasteiger partial charge in [0.05, 0.1) is 6.61 Å². The first-order chi connectivity index (χ1) is 8.66. The fourth-order valence-electron chi connectivity index (χ4n) is 1.68. The first-order valence-electron chi connectivity index (χ1n) is 7.09. The summed E-state index contributed by atoms with van der Waals surface area (Å²) in [6.07, 6.45) is 14.8. The van der Waals surface area contributed by atoms with E-state index < -0.39 is 0 Å².